The summed E-state index contributed by atoms with van der Waals surface area (Å²) < 4.78 is 0. The Bertz CT molecular complexity index is 1040. The SMILES string of the molecule is Pc1ccc2c(c1[C@@H]1c3ccccc3CCC1P)CCCC2.[Ar].[Ar].[Ar].[Ar].[Cl][Ru][Cl].[NH-]Cc1ccccn1. The third-order valence-corrected chi connectivity index (χ3v) is 7.62. The molecule has 2 aliphatic rings. The summed E-state index contributed by atoms with van der Waals surface area (Å²) in [5.41, 5.74) is 16.4. The number of halogens is 2. The van der Waals surface area contributed by atoms with Gasteiger partial charge in [0.15, 0.2) is 0 Å². The van der Waals surface area contributed by atoms with Crippen molar-refractivity contribution in [3.05, 3.63) is 100 Å². The van der Waals surface area contributed by atoms with E-state index in [9.17, 15) is 0 Å². The van der Waals surface area contributed by atoms with E-state index in [-0.39, 0.29) is 173 Å². The number of benzene rings is 2. The first-order valence-corrected chi connectivity index (χ1v) is 17.0. The van der Waals surface area contributed by atoms with E-state index in [1.807, 2.05) is 18.2 Å². The molecule has 3 unspecified atom stereocenters. The molecule has 0 bridgehead atoms. The standard InChI is InChI=1S/C20H24P2.C6H7N2.4Ar.2ClH.Ru/c21-17-11-9-13-5-1-3-7-15(13)19(17)20-16-8-4-2-6-14(16)10-12-18(20)22;7-5-6-3-1-2-4-8-6;;;;;;;/h1,3,5,7,10,12,17,19H,2,4,6,8-9,11,21-22H2;1-4,7H,5H2;;;;;2*1H;/q;-1;;;;;;;+2/p-2/t17?,19-;;;;;;;;/m1......../s1. The van der Waals surface area contributed by atoms with Crippen molar-refractivity contribution in [1.29, 1.82) is 0 Å². The van der Waals surface area contributed by atoms with Gasteiger partial charge in [-0.3, -0.25) is 4.98 Å². The van der Waals surface area contributed by atoms with Crippen LogP contribution in [0.4, 0.5) is 0 Å². The largest absolute Gasteiger partial charge is 0.672 e. The van der Waals surface area contributed by atoms with Crippen LogP contribution in [0.15, 0.2) is 60.8 Å². The zero-order valence-electron chi connectivity index (χ0n) is 20.0. The quantitative estimate of drug-likeness (QED) is 0.198. The van der Waals surface area contributed by atoms with Crippen molar-refractivity contribution in [3.8, 4) is 0 Å². The maximum Gasteiger partial charge on any atom is 0.0270 e. The van der Waals surface area contributed by atoms with Crippen molar-refractivity contribution >= 4 is 43.2 Å². The fraction of sp³-hybridized carbons (Fsp3) is 0.346. The summed E-state index contributed by atoms with van der Waals surface area (Å²) in [6.07, 6.45) is 9.44. The van der Waals surface area contributed by atoms with Crippen LogP contribution in [0, 0.1) is 151 Å². The van der Waals surface area contributed by atoms with Gasteiger partial charge in [0.1, 0.15) is 0 Å². The van der Waals surface area contributed by atoms with Gasteiger partial charge in [0.2, 0.25) is 0 Å². The molecule has 3 aromatic rings. The van der Waals surface area contributed by atoms with E-state index >= 15 is 0 Å². The molecule has 0 spiro atoms. The van der Waals surface area contributed by atoms with Crippen LogP contribution < -0.4 is 5.30 Å². The number of hydrogen-bond acceptors (Lipinski definition) is 1. The van der Waals surface area contributed by atoms with E-state index in [1.54, 1.807) is 34.0 Å². The van der Waals surface area contributed by atoms with Crippen molar-refractivity contribution in [2.45, 2.75) is 56.6 Å². The van der Waals surface area contributed by atoms with Crippen molar-refractivity contribution in [2.75, 3.05) is 0 Å². The average Bonchev–Trinajstić information content (AvgIpc) is 2.86. The summed E-state index contributed by atoms with van der Waals surface area (Å²) in [6, 6.07) is 19.4. The van der Waals surface area contributed by atoms with Crippen LogP contribution in [-0.4, -0.2) is 10.6 Å². The van der Waals surface area contributed by atoms with E-state index in [0.29, 0.717) is 11.6 Å². The van der Waals surface area contributed by atoms with Gasteiger partial charge in [-0.05, 0) is 89.4 Å². The smallest absolute Gasteiger partial charge is 0.0270 e. The predicted molar refractivity (Wildman–Crippen MR) is 147 cm³/mol. The first-order chi connectivity index (χ1) is 16.1. The Hall–Kier alpha value is 4.65. The first-order valence-electron chi connectivity index (χ1n) is 11.2. The van der Waals surface area contributed by atoms with Crippen LogP contribution in [0.3, 0.4) is 0 Å². The molecule has 0 aliphatic heterocycles. The number of rotatable bonds is 2. The van der Waals surface area contributed by atoms with Gasteiger partial charge in [-0.25, -0.2) is 0 Å². The molecule has 4 atom stereocenters. The van der Waals surface area contributed by atoms with Gasteiger partial charge in [0.25, 0.3) is 0 Å². The molecule has 2 nitrogen and oxygen atoms in total. The minimum Gasteiger partial charge on any atom is -0.672 e. The molecule has 2 aliphatic carbocycles. The second-order valence-electron chi connectivity index (χ2n) is 8.34. The Kier molecular flexibility index (Phi) is 29.5. The maximum absolute atomic E-state index is 6.88. The topological polar surface area (TPSA) is 36.7 Å². The summed E-state index contributed by atoms with van der Waals surface area (Å²) in [5.74, 6) is 0.551. The minimum atomic E-state index is -0.346. The minimum absolute atomic E-state index is 0. The number of nitrogens with zero attached hydrogens (tertiary/aromatic N) is 1. The number of aromatic nitrogens is 1. The van der Waals surface area contributed by atoms with Crippen molar-refractivity contribution < 1.29 is 166 Å². The van der Waals surface area contributed by atoms with Gasteiger partial charge in [0, 0.05) is 169 Å². The summed E-state index contributed by atoms with van der Waals surface area (Å²) in [7, 11) is 15.9. The van der Waals surface area contributed by atoms with Crippen LogP contribution in [0.25, 0.3) is 5.73 Å². The fourth-order valence-electron chi connectivity index (χ4n) is 4.90. The van der Waals surface area contributed by atoms with E-state index in [0.717, 1.165) is 5.69 Å². The third kappa shape index (κ3) is 13.7. The molecule has 0 amide bonds. The van der Waals surface area contributed by atoms with Crippen LogP contribution in [0.2, 0.25) is 0 Å². The molecule has 1 aromatic heterocycles. The normalized spacial score (nSPS) is 16.7. The molecule has 37 heavy (non-hydrogen) atoms. The molecule has 1 heterocycles. The van der Waals surface area contributed by atoms with Gasteiger partial charge in [-0.2, -0.15) is 0 Å². The maximum atomic E-state index is 6.88. The summed E-state index contributed by atoms with van der Waals surface area (Å²) in [4.78, 5) is 3.91. The molecule has 5 rings (SSSR count). The Morgan fingerprint density at radius 3 is 2.14 bits per heavy atom. The predicted octanol–water partition coefficient (Wildman–Crippen LogP) is 7.40. The second-order valence-corrected chi connectivity index (χ2v) is 12.5. The van der Waals surface area contributed by atoms with E-state index in [2.05, 4.69) is 59.9 Å². The molecule has 0 radical (unpaired) electrons. The third-order valence-electron chi connectivity index (χ3n) is 6.39. The zero-order chi connectivity index (χ0) is 23.6. The summed E-state index contributed by atoms with van der Waals surface area (Å²) in [6.45, 7) is 0.279. The summed E-state index contributed by atoms with van der Waals surface area (Å²) >= 11 is -0.346. The average molecular weight is 765 g/mol. The van der Waals surface area contributed by atoms with Crippen LogP contribution in [0.5, 0.6) is 0 Å². The van der Waals surface area contributed by atoms with Gasteiger partial charge in [-0.15, -0.1) is 25.0 Å². The van der Waals surface area contributed by atoms with E-state index in [1.165, 1.54) is 43.8 Å². The molecule has 11 heteroatoms. The number of aryl methyl sites for hydroxylation is 2. The molecule has 0 fully saturated rings. The number of fused-ring (bicyclic) bond motifs is 2. The van der Waals surface area contributed by atoms with Crippen molar-refractivity contribution in [2.24, 2.45) is 0 Å². The monoisotopic (exact) mass is 765 g/mol. The van der Waals surface area contributed by atoms with Crippen molar-refractivity contribution in [1.82, 2.24) is 4.98 Å². The zero-order valence-corrected chi connectivity index (χ0v) is 28.4. The van der Waals surface area contributed by atoms with Gasteiger partial charge >= 0.3 is 34.5 Å². The van der Waals surface area contributed by atoms with Crippen LogP contribution in [0.1, 0.15) is 58.7 Å². The van der Waals surface area contributed by atoms with E-state index < -0.39 is 0 Å². The summed E-state index contributed by atoms with van der Waals surface area (Å²) in [5, 5.41) is 1.41. The van der Waals surface area contributed by atoms with Gasteiger partial charge < -0.3 is 5.73 Å². The fourth-order valence-corrected chi connectivity index (χ4v) is 5.92. The molecular weight excluding hydrogens is 734 g/mol. The molecule has 2 aromatic carbocycles. The molecule has 0 saturated carbocycles. The van der Waals surface area contributed by atoms with Gasteiger partial charge in [0.05, 0.1) is 0 Å². The second kappa shape index (κ2) is 24.9. The Morgan fingerprint density at radius 1 is 0.865 bits per heavy atom. The Labute approximate surface area is 363 Å². The number of nitrogens with one attached hydrogen (secondary N) is 1. The Morgan fingerprint density at radius 2 is 1.51 bits per heavy atom. The van der Waals surface area contributed by atoms with Gasteiger partial charge in [-0.1, -0.05) is 42.5 Å². The number of hydrogen-bond donors (Lipinski definition) is 0. The van der Waals surface area contributed by atoms with Crippen LogP contribution in [-0.2, 0) is 41.0 Å². The first kappa shape index (κ1) is 43.8. The van der Waals surface area contributed by atoms with E-state index in [4.69, 9.17) is 25.1 Å². The molecule has 1 N–H and O–H groups in total. The molecular formula is C26H31Ar4Cl2N2P2Ru-. The van der Waals surface area contributed by atoms with Crippen molar-refractivity contribution in [3.63, 3.8) is 0 Å². The van der Waals surface area contributed by atoms with Crippen LogP contribution >= 0.6 is 37.9 Å². The number of pyridine rings is 1. The molecule has 0 saturated heterocycles. The molecule has 210 valence electrons. The Balaban J connectivity index is 0.